The van der Waals surface area contributed by atoms with E-state index >= 15 is 0 Å². The summed E-state index contributed by atoms with van der Waals surface area (Å²) >= 11 is 0. The number of nitrogens with zero attached hydrogens (tertiary/aromatic N) is 2. The van der Waals surface area contributed by atoms with Crippen LogP contribution in [-0.2, 0) is 6.42 Å². The zero-order valence-corrected chi connectivity index (χ0v) is 13.5. The molecule has 0 saturated heterocycles. The average molecular weight is 295 g/mol. The van der Waals surface area contributed by atoms with Crippen molar-refractivity contribution in [2.24, 2.45) is 0 Å². The number of ether oxygens (including phenoxy) is 1. The van der Waals surface area contributed by atoms with E-state index in [1.807, 2.05) is 26.1 Å². The van der Waals surface area contributed by atoms with Crippen molar-refractivity contribution in [3.05, 3.63) is 41.2 Å². The highest BCUT2D eigenvalue weighted by Crippen LogP contribution is 2.29. The van der Waals surface area contributed by atoms with E-state index in [-0.39, 0.29) is 0 Å². The molecule has 0 aliphatic rings. The molecule has 3 heterocycles. The van der Waals surface area contributed by atoms with Gasteiger partial charge in [0, 0.05) is 17.8 Å². The lowest BCUT2D eigenvalue weighted by atomic mass is 10.0. The van der Waals surface area contributed by atoms with Crippen LogP contribution in [0, 0.1) is 13.8 Å². The molecular formula is C18H21N3O. The summed E-state index contributed by atoms with van der Waals surface area (Å²) in [5, 5.41) is 0. The second kappa shape index (κ2) is 5.79. The van der Waals surface area contributed by atoms with Crippen LogP contribution in [0.2, 0.25) is 0 Å². The monoisotopic (exact) mass is 295 g/mol. The molecule has 0 saturated carbocycles. The summed E-state index contributed by atoms with van der Waals surface area (Å²) in [7, 11) is 0. The Labute approximate surface area is 130 Å². The normalized spacial score (nSPS) is 11.1. The summed E-state index contributed by atoms with van der Waals surface area (Å²) in [5.41, 5.74) is 7.54. The minimum Gasteiger partial charge on any atom is -0.478 e. The maximum atomic E-state index is 5.47. The van der Waals surface area contributed by atoms with Crippen LogP contribution in [0.4, 0.5) is 0 Å². The van der Waals surface area contributed by atoms with E-state index in [4.69, 9.17) is 9.72 Å². The van der Waals surface area contributed by atoms with Gasteiger partial charge < -0.3 is 9.72 Å². The second-order valence-electron chi connectivity index (χ2n) is 5.43. The molecule has 0 spiro atoms. The molecule has 0 aliphatic carbocycles. The lowest BCUT2D eigenvalue weighted by Crippen LogP contribution is -1.99. The molecule has 3 aromatic rings. The van der Waals surface area contributed by atoms with Gasteiger partial charge in [-0.05, 0) is 50.5 Å². The zero-order valence-electron chi connectivity index (χ0n) is 13.5. The first-order chi connectivity index (χ1) is 10.6. The summed E-state index contributed by atoms with van der Waals surface area (Å²) < 4.78 is 5.47. The first-order valence-corrected chi connectivity index (χ1v) is 7.72. The van der Waals surface area contributed by atoms with Gasteiger partial charge in [0.25, 0.3) is 0 Å². The maximum Gasteiger partial charge on any atom is 0.213 e. The van der Waals surface area contributed by atoms with Crippen molar-refractivity contribution >= 4 is 11.0 Å². The number of hydrogen-bond acceptors (Lipinski definition) is 3. The van der Waals surface area contributed by atoms with Crippen molar-refractivity contribution in [3.8, 4) is 17.1 Å². The largest absolute Gasteiger partial charge is 0.478 e. The number of H-pyrrole nitrogens is 1. The Balaban J connectivity index is 2.17. The molecule has 0 radical (unpaired) electrons. The van der Waals surface area contributed by atoms with Crippen LogP contribution in [0.25, 0.3) is 22.3 Å². The van der Waals surface area contributed by atoms with Gasteiger partial charge in [-0.15, -0.1) is 0 Å². The smallest absolute Gasteiger partial charge is 0.213 e. The van der Waals surface area contributed by atoms with Crippen molar-refractivity contribution in [2.75, 3.05) is 6.61 Å². The summed E-state index contributed by atoms with van der Waals surface area (Å²) in [6, 6.07) is 6.17. The van der Waals surface area contributed by atoms with Crippen LogP contribution < -0.4 is 4.74 Å². The number of fused-ring (bicyclic) bond motifs is 1. The SMILES string of the molecule is CCOc1ccc(-c2nc3c(C)c[nH]c3cc2CC)c(C)n1. The van der Waals surface area contributed by atoms with Crippen LogP contribution in [0.5, 0.6) is 5.88 Å². The highest BCUT2D eigenvalue weighted by Gasteiger charge is 2.13. The number of pyridine rings is 2. The molecule has 22 heavy (non-hydrogen) atoms. The Morgan fingerprint density at radius 3 is 2.64 bits per heavy atom. The zero-order chi connectivity index (χ0) is 15.7. The number of aryl methyl sites for hydroxylation is 3. The van der Waals surface area contributed by atoms with E-state index in [0.29, 0.717) is 12.5 Å². The molecule has 114 valence electrons. The minimum absolute atomic E-state index is 0.624. The van der Waals surface area contributed by atoms with Crippen LogP contribution in [0.15, 0.2) is 24.4 Å². The first-order valence-electron chi connectivity index (χ1n) is 7.72. The van der Waals surface area contributed by atoms with Gasteiger partial charge in [0.15, 0.2) is 0 Å². The van der Waals surface area contributed by atoms with Crippen LogP contribution >= 0.6 is 0 Å². The number of aromatic nitrogens is 3. The quantitative estimate of drug-likeness (QED) is 0.784. The minimum atomic E-state index is 0.624. The van der Waals surface area contributed by atoms with Gasteiger partial charge in [0.1, 0.15) is 0 Å². The van der Waals surface area contributed by atoms with E-state index in [2.05, 4.69) is 35.9 Å². The molecule has 0 aliphatic heterocycles. The van der Waals surface area contributed by atoms with E-state index < -0.39 is 0 Å². The molecule has 0 bridgehead atoms. The van der Waals surface area contributed by atoms with Crippen LogP contribution in [0.1, 0.15) is 30.7 Å². The topological polar surface area (TPSA) is 50.8 Å². The first kappa shape index (κ1) is 14.6. The molecule has 0 fully saturated rings. The lowest BCUT2D eigenvalue weighted by molar-refractivity contribution is 0.326. The summed E-state index contributed by atoms with van der Waals surface area (Å²) in [5.74, 6) is 0.667. The van der Waals surface area contributed by atoms with E-state index in [0.717, 1.165) is 40.0 Å². The fourth-order valence-electron chi connectivity index (χ4n) is 2.74. The molecule has 0 amide bonds. The molecule has 4 nitrogen and oxygen atoms in total. The summed E-state index contributed by atoms with van der Waals surface area (Å²) in [6.45, 7) is 8.82. The molecule has 0 aromatic carbocycles. The molecule has 4 heteroatoms. The van der Waals surface area contributed by atoms with Gasteiger partial charge in [0.05, 0.1) is 29.0 Å². The Morgan fingerprint density at radius 2 is 1.95 bits per heavy atom. The number of aromatic amines is 1. The third-order valence-corrected chi connectivity index (χ3v) is 3.91. The summed E-state index contributed by atoms with van der Waals surface area (Å²) in [6.07, 6.45) is 2.94. The van der Waals surface area contributed by atoms with Crippen LogP contribution in [-0.4, -0.2) is 21.6 Å². The molecule has 1 N–H and O–H groups in total. The fraction of sp³-hybridized carbons (Fsp3) is 0.333. The molecule has 3 aromatic heterocycles. The van der Waals surface area contributed by atoms with Crippen LogP contribution in [0.3, 0.4) is 0 Å². The highest BCUT2D eigenvalue weighted by atomic mass is 16.5. The Hall–Kier alpha value is -2.36. The number of nitrogens with one attached hydrogen (secondary N) is 1. The van der Waals surface area contributed by atoms with Crippen molar-refractivity contribution < 1.29 is 4.74 Å². The molecule has 3 rings (SSSR count). The molecule has 0 atom stereocenters. The predicted octanol–water partition coefficient (Wildman–Crippen LogP) is 4.20. The number of rotatable bonds is 4. The standard InChI is InChI=1S/C18H21N3O/c1-5-13-9-15-17(11(3)10-19-15)21-18(13)14-7-8-16(22-6-2)20-12(14)4/h7-10,19H,5-6H2,1-4H3. The van der Waals surface area contributed by atoms with E-state index in [9.17, 15) is 0 Å². The second-order valence-corrected chi connectivity index (χ2v) is 5.43. The van der Waals surface area contributed by atoms with E-state index in [1.54, 1.807) is 0 Å². The van der Waals surface area contributed by atoms with Gasteiger partial charge in [-0.2, -0.15) is 0 Å². The third kappa shape index (κ3) is 2.45. The lowest BCUT2D eigenvalue weighted by Gasteiger charge is -2.11. The Morgan fingerprint density at radius 1 is 1.14 bits per heavy atom. The maximum absolute atomic E-state index is 5.47. The van der Waals surface area contributed by atoms with Crippen molar-refractivity contribution in [1.29, 1.82) is 0 Å². The third-order valence-electron chi connectivity index (χ3n) is 3.91. The van der Waals surface area contributed by atoms with Gasteiger partial charge in [-0.3, -0.25) is 0 Å². The highest BCUT2D eigenvalue weighted by molar-refractivity contribution is 5.83. The molecular weight excluding hydrogens is 274 g/mol. The summed E-state index contributed by atoms with van der Waals surface area (Å²) in [4.78, 5) is 12.7. The van der Waals surface area contributed by atoms with Crippen molar-refractivity contribution in [2.45, 2.75) is 34.1 Å². The fourth-order valence-corrected chi connectivity index (χ4v) is 2.74. The van der Waals surface area contributed by atoms with E-state index in [1.165, 1.54) is 5.56 Å². The Kier molecular flexibility index (Phi) is 3.84. The molecule has 0 unspecified atom stereocenters. The predicted molar refractivity (Wildman–Crippen MR) is 89.3 cm³/mol. The van der Waals surface area contributed by atoms with Crippen molar-refractivity contribution in [1.82, 2.24) is 15.0 Å². The average Bonchev–Trinajstić information content (AvgIpc) is 2.87. The van der Waals surface area contributed by atoms with Gasteiger partial charge in [-0.25, -0.2) is 9.97 Å². The Bertz CT molecular complexity index is 821. The van der Waals surface area contributed by atoms with Gasteiger partial charge >= 0.3 is 0 Å². The van der Waals surface area contributed by atoms with Crippen molar-refractivity contribution in [3.63, 3.8) is 0 Å². The van der Waals surface area contributed by atoms with Gasteiger partial charge in [-0.1, -0.05) is 6.92 Å². The number of hydrogen-bond donors (Lipinski definition) is 1. The van der Waals surface area contributed by atoms with Gasteiger partial charge in [0.2, 0.25) is 5.88 Å².